The van der Waals surface area contributed by atoms with E-state index in [0.717, 1.165) is 17.7 Å². The molecule has 0 unspecified atom stereocenters. The molecule has 0 heterocycles. The third-order valence-electron chi connectivity index (χ3n) is 3.34. The van der Waals surface area contributed by atoms with Gasteiger partial charge in [-0.3, -0.25) is 0 Å². The van der Waals surface area contributed by atoms with Crippen molar-refractivity contribution in [2.45, 2.75) is 6.42 Å². The Labute approximate surface area is 130 Å². The van der Waals surface area contributed by atoms with Crippen LogP contribution in [0.15, 0.2) is 36.4 Å². The number of rotatable bonds is 6. The van der Waals surface area contributed by atoms with Crippen LogP contribution in [0.25, 0.3) is 0 Å². The van der Waals surface area contributed by atoms with Crippen LogP contribution in [0, 0.1) is 11.3 Å². The molecule has 0 fully saturated rings. The summed E-state index contributed by atoms with van der Waals surface area (Å²) >= 11 is 0. The van der Waals surface area contributed by atoms with E-state index in [9.17, 15) is 0 Å². The maximum atomic E-state index is 9.11. The summed E-state index contributed by atoms with van der Waals surface area (Å²) in [4.78, 5) is 0. The molecule has 0 aromatic heterocycles. The molecule has 0 saturated heterocycles. The number of nitrogens with one attached hydrogen (secondary N) is 1. The Hall–Kier alpha value is -2.87. The van der Waals surface area contributed by atoms with Crippen molar-refractivity contribution in [3.05, 3.63) is 47.5 Å². The average Bonchev–Trinajstić information content (AvgIpc) is 2.55. The Bertz CT molecular complexity index is 693. The highest BCUT2D eigenvalue weighted by atomic mass is 16.5. The lowest BCUT2D eigenvalue weighted by atomic mass is 10.1. The SMILES string of the molecule is COc1ccc(CCNc2ccc(N)cc2C#N)cc1OC. The van der Waals surface area contributed by atoms with Crippen LogP contribution in [0.5, 0.6) is 11.5 Å². The molecule has 0 spiro atoms. The number of nitrogen functional groups attached to an aromatic ring is 1. The second-order valence-electron chi connectivity index (χ2n) is 4.78. The fourth-order valence-corrected chi connectivity index (χ4v) is 2.19. The zero-order valence-corrected chi connectivity index (χ0v) is 12.7. The van der Waals surface area contributed by atoms with E-state index in [2.05, 4.69) is 11.4 Å². The van der Waals surface area contributed by atoms with Crippen molar-refractivity contribution >= 4 is 11.4 Å². The first-order valence-corrected chi connectivity index (χ1v) is 6.92. The van der Waals surface area contributed by atoms with Gasteiger partial charge in [0.25, 0.3) is 0 Å². The predicted octanol–water partition coefficient (Wildman–Crippen LogP) is 2.81. The summed E-state index contributed by atoms with van der Waals surface area (Å²) in [6.45, 7) is 0.702. The number of hydrogen-bond acceptors (Lipinski definition) is 5. The quantitative estimate of drug-likeness (QED) is 0.801. The van der Waals surface area contributed by atoms with Crippen molar-refractivity contribution in [3.63, 3.8) is 0 Å². The highest BCUT2D eigenvalue weighted by Crippen LogP contribution is 2.27. The van der Waals surface area contributed by atoms with Gasteiger partial charge in [-0.25, -0.2) is 0 Å². The van der Waals surface area contributed by atoms with E-state index < -0.39 is 0 Å². The first-order valence-electron chi connectivity index (χ1n) is 6.92. The molecule has 2 aromatic carbocycles. The second kappa shape index (κ2) is 7.23. The summed E-state index contributed by atoms with van der Waals surface area (Å²) < 4.78 is 10.5. The van der Waals surface area contributed by atoms with E-state index in [1.165, 1.54) is 0 Å². The molecule has 22 heavy (non-hydrogen) atoms. The molecule has 0 aliphatic carbocycles. The summed E-state index contributed by atoms with van der Waals surface area (Å²) in [5.74, 6) is 1.43. The Morgan fingerprint density at radius 1 is 1.09 bits per heavy atom. The van der Waals surface area contributed by atoms with E-state index in [1.54, 1.807) is 26.4 Å². The van der Waals surface area contributed by atoms with Crippen molar-refractivity contribution in [3.8, 4) is 17.6 Å². The van der Waals surface area contributed by atoms with Crippen molar-refractivity contribution in [1.82, 2.24) is 0 Å². The first kappa shape index (κ1) is 15.5. The third kappa shape index (κ3) is 3.61. The van der Waals surface area contributed by atoms with Crippen molar-refractivity contribution < 1.29 is 9.47 Å². The van der Waals surface area contributed by atoms with Gasteiger partial charge in [-0.1, -0.05) is 6.07 Å². The van der Waals surface area contributed by atoms with E-state index in [0.29, 0.717) is 29.3 Å². The Morgan fingerprint density at radius 3 is 2.55 bits per heavy atom. The number of nitriles is 1. The number of ether oxygens (including phenoxy) is 2. The molecule has 5 nitrogen and oxygen atoms in total. The summed E-state index contributed by atoms with van der Waals surface area (Å²) in [5, 5.41) is 12.4. The fraction of sp³-hybridized carbons (Fsp3) is 0.235. The fourth-order valence-electron chi connectivity index (χ4n) is 2.19. The van der Waals surface area contributed by atoms with Gasteiger partial charge in [0.2, 0.25) is 0 Å². The summed E-state index contributed by atoms with van der Waals surface area (Å²) in [7, 11) is 3.23. The molecule has 0 atom stereocenters. The molecular formula is C17H19N3O2. The Balaban J connectivity index is 2.01. The van der Waals surface area contributed by atoms with Crippen molar-refractivity contribution in [2.24, 2.45) is 0 Å². The van der Waals surface area contributed by atoms with E-state index in [-0.39, 0.29) is 0 Å². The number of nitrogens with two attached hydrogens (primary N) is 1. The van der Waals surface area contributed by atoms with Crippen LogP contribution >= 0.6 is 0 Å². The number of nitrogens with zero attached hydrogens (tertiary/aromatic N) is 1. The topological polar surface area (TPSA) is 80.3 Å². The number of benzene rings is 2. The van der Waals surface area contributed by atoms with Crippen molar-refractivity contribution in [1.29, 1.82) is 5.26 Å². The van der Waals surface area contributed by atoms with Crippen LogP contribution in [-0.2, 0) is 6.42 Å². The normalized spacial score (nSPS) is 9.86. The maximum absolute atomic E-state index is 9.11. The van der Waals surface area contributed by atoms with Gasteiger partial charge in [-0.2, -0.15) is 5.26 Å². The smallest absolute Gasteiger partial charge is 0.160 e. The van der Waals surface area contributed by atoms with Gasteiger partial charge in [-0.05, 0) is 42.3 Å². The minimum absolute atomic E-state index is 0.548. The molecule has 5 heteroatoms. The van der Waals surface area contributed by atoms with Gasteiger partial charge < -0.3 is 20.5 Å². The lowest BCUT2D eigenvalue weighted by Gasteiger charge is -2.11. The third-order valence-corrected chi connectivity index (χ3v) is 3.34. The minimum Gasteiger partial charge on any atom is -0.493 e. The molecule has 0 amide bonds. The van der Waals surface area contributed by atoms with Gasteiger partial charge in [0.05, 0.1) is 25.5 Å². The van der Waals surface area contributed by atoms with Gasteiger partial charge in [-0.15, -0.1) is 0 Å². The van der Waals surface area contributed by atoms with Crippen LogP contribution in [0.1, 0.15) is 11.1 Å². The van der Waals surface area contributed by atoms with Crippen molar-refractivity contribution in [2.75, 3.05) is 31.8 Å². The molecule has 2 aromatic rings. The zero-order valence-electron chi connectivity index (χ0n) is 12.7. The molecule has 0 aliphatic rings. The number of methoxy groups -OCH3 is 2. The largest absolute Gasteiger partial charge is 0.493 e. The van der Waals surface area contributed by atoms with Gasteiger partial charge >= 0.3 is 0 Å². The highest BCUT2D eigenvalue weighted by Gasteiger charge is 2.05. The summed E-state index contributed by atoms with van der Waals surface area (Å²) in [5.41, 5.74) is 8.72. The summed E-state index contributed by atoms with van der Waals surface area (Å²) in [6.07, 6.45) is 0.801. The average molecular weight is 297 g/mol. The molecule has 114 valence electrons. The number of hydrogen-bond donors (Lipinski definition) is 2. The standard InChI is InChI=1S/C17H19N3O2/c1-21-16-6-3-12(9-17(16)22-2)7-8-20-15-5-4-14(19)10-13(15)11-18/h3-6,9-10,20H,7-8,19H2,1-2H3. The van der Waals surface area contributed by atoms with E-state index >= 15 is 0 Å². The number of anilines is 2. The van der Waals surface area contributed by atoms with Crippen LogP contribution in [-0.4, -0.2) is 20.8 Å². The minimum atomic E-state index is 0.548. The molecule has 0 aliphatic heterocycles. The molecule has 0 saturated carbocycles. The van der Waals surface area contributed by atoms with Crippen LogP contribution in [0.3, 0.4) is 0 Å². The molecule has 3 N–H and O–H groups in total. The van der Waals surface area contributed by atoms with Gasteiger partial charge in [0, 0.05) is 12.2 Å². The highest BCUT2D eigenvalue weighted by molar-refractivity contribution is 5.63. The lowest BCUT2D eigenvalue weighted by Crippen LogP contribution is -2.06. The van der Waals surface area contributed by atoms with E-state index in [1.807, 2.05) is 24.3 Å². The van der Waals surface area contributed by atoms with Crippen LogP contribution in [0.2, 0.25) is 0 Å². The lowest BCUT2D eigenvalue weighted by molar-refractivity contribution is 0.354. The maximum Gasteiger partial charge on any atom is 0.160 e. The van der Waals surface area contributed by atoms with Crippen LogP contribution in [0.4, 0.5) is 11.4 Å². The predicted molar refractivity (Wildman–Crippen MR) is 87.3 cm³/mol. The van der Waals surface area contributed by atoms with Gasteiger partial charge in [0.15, 0.2) is 11.5 Å². The Kier molecular flexibility index (Phi) is 5.10. The molecule has 2 rings (SSSR count). The molecule has 0 radical (unpaired) electrons. The second-order valence-corrected chi connectivity index (χ2v) is 4.78. The monoisotopic (exact) mass is 297 g/mol. The van der Waals surface area contributed by atoms with E-state index in [4.69, 9.17) is 20.5 Å². The Morgan fingerprint density at radius 2 is 1.86 bits per heavy atom. The summed E-state index contributed by atoms with van der Waals surface area (Å²) in [6, 6.07) is 13.2. The van der Waals surface area contributed by atoms with Crippen LogP contribution < -0.4 is 20.5 Å². The first-order chi connectivity index (χ1) is 10.7. The van der Waals surface area contributed by atoms with Gasteiger partial charge in [0.1, 0.15) is 6.07 Å². The zero-order chi connectivity index (χ0) is 15.9. The molecular weight excluding hydrogens is 278 g/mol. The molecule has 0 bridgehead atoms.